The molecule has 0 spiro atoms. The van der Waals surface area contributed by atoms with Crippen LogP contribution in [0.4, 0.5) is 0 Å². The molecule has 0 saturated carbocycles. The van der Waals surface area contributed by atoms with Gasteiger partial charge >= 0.3 is 0 Å². The van der Waals surface area contributed by atoms with Gasteiger partial charge in [0.1, 0.15) is 11.9 Å². The summed E-state index contributed by atoms with van der Waals surface area (Å²) in [5.74, 6) is 0.830. The highest BCUT2D eigenvalue weighted by Gasteiger charge is 2.30. The van der Waals surface area contributed by atoms with Gasteiger partial charge < -0.3 is 10.1 Å². The number of fused-ring (bicyclic) bond motifs is 1. The molecule has 1 N–H and O–H groups in total. The molecule has 2 rings (SSSR count). The Bertz CT molecular complexity index is 327. The summed E-state index contributed by atoms with van der Waals surface area (Å²) in [6.45, 7) is 2.04. The molecule has 0 amide bonds. The van der Waals surface area contributed by atoms with E-state index in [1.165, 1.54) is 0 Å². The predicted molar refractivity (Wildman–Crippen MR) is 53.3 cm³/mol. The van der Waals surface area contributed by atoms with Crippen molar-refractivity contribution in [1.29, 1.82) is 0 Å². The van der Waals surface area contributed by atoms with E-state index in [9.17, 15) is 0 Å². The fourth-order valence-electron chi connectivity index (χ4n) is 1.79. The van der Waals surface area contributed by atoms with Crippen LogP contribution in [0, 0.1) is 0 Å². The minimum absolute atomic E-state index is 0.153. The molecule has 1 aliphatic heterocycles. The molecule has 3 heteroatoms. The van der Waals surface area contributed by atoms with Crippen molar-refractivity contribution in [2.75, 3.05) is 7.05 Å². The number of nitrogens with one attached hydrogen (secondary N) is 1. The normalized spacial score (nSPS) is 25.5. The molecule has 0 radical (unpaired) electrons. The zero-order valence-corrected chi connectivity index (χ0v) is 8.43. The highest BCUT2D eigenvalue weighted by atomic mass is 35.5. The third kappa shape index (κ3) is 1.30. The van der Waals surface area contributed by atoms with E-state index in [1.807, 2.05) is 32.2 Å². The van der Waals surface area contributed by atoms with E-state index in [0.717, 1.165) is 11.3 Å². The quantitative estimate of drug-likeness (QED) is 0.747. The summed E-state index contributed by atoms with van der Waals surface area (Å²) in [6.07, 6.45) is 0.153. The smallest absolute Gasteiger partial charge is 0.143 e. The number of ether oxygens (including phenoxy) is 1. The van der Waals surface area contributed by atoms with Crippen LogP contribution in [0.2, 0.25) is 5.02 Å². The lowest BCUT2D eigenvalue weighted by molar-refractivity contribution is 0.214. The molecular weight excluding hydrogens is 186 g/mol. The largest absolute Gasteiger partial charge is 0.487 e. The fourth-order valence-corrected chi connectivity index (χ4v) is 2.02. The van der Waals surface area contributed by atoms with E-state index in [4.69, 9.17) is 16.3 Å². The van der Waals surface area contributed by atoms with Crippen LogP contribution >= 0.6 is 11.6 Å². The molecule has 0 bridgehead atoms. The van der Waals surface area contributed by atoms with Crippen molar-refractivity contribution >= 4 is 11.6 Å². The van der Waals surface area contributed by atoms with Gasteiger partial charge in [0.25, 0.3) is 0 Å². The molecule has 70 valence electrons. The first-order valence-corrected chi connectivity index (χ1v) is 4.74. The third-order valence-corrected chi connectivity index (χ3v) is 2.71. The van der Waals surface area contributed by atoms with Crippen LogP contribution < -0.4 is 10.1 Å². The van der Waals surface area contributed by atoms with Gasteiger partial charge in [0.2, 0.25) is 0 Å². The number of hydrogen-bond donors (Lipinski definition) is 1. The van der Waals surface area contributed by atoms with Crippen molar-refractivity contribution in [3.63, 3.8) is 0 Å². The van der Waals surface area contributed by atoms with E-state index in [2.05, 4.69) is 5.32 Å². The third-order valence-electron chi connectivity index (χ3n) is 2.42. The zero-order valence-electron chi connectivity index (χ0n) is 7.67. The van der Waals surface area contributed by atoms with E-state index in [0.29, 0.717) is 5.02 Å². The first-order valence-electron chi connectivity index (χ1n) is 4.36. The molecule has 0 fully saturated rings. The fraction of sp³-hybridized carbons (Fsp3) is 0.400. The van der Waals surface area contributed by atoms with Crippen molar-refractivity contribution in [1.82, 2.24) is 5.32 Å². The van der Waals surface area contributed by atoms with E-state index >= 15 is 0 Å². The van der Waals surface area contributed by atoms with Gasteiger partial charge in [-0.2, -0.15) is 0 Å². The predicted octanol–water partition coefficient (Wildman–Crippen LogP) is 2.38. The van der Waals surface area contributed by atoms with Crippen LogP contribution in [-0.2, 0) is 0 Å². The van der Waals surface area contributed by atoms with Crippen molar-refractivity contribution in [2.45, 2.75) is 19.1 Å². The molecule has 1 aliphatic rings. The Labute approximate surface area is 82.9 Å². The van der Waals surface area contributed by atoms with Gasteiger partial charge in [-0.15, -0.1) is 0 Å². The Hall–Kier alpha value is -0.730. The molecule has 2 atom stereocenters. The van der Waals surface area contributed by atoms with Gasteiger partial charge in [-0.25, -0.2) is 0 Å². The van der Waals surface area contributed by atoms with Gasteiger partial charge in [-0.3, -0.25) is 0 Å². The second-order valence-corrected chi connectivity index (χ2v) is 3.65. The SMILES string of the molecule is CNC1c2cccc(Cl)c2OC1C. The van der Waals surface area contributed by atoms with Gasteiger partial charge in [0, 0.05) is 5.56 Å². The monoisotopic (exact) mass is 197 g/mol. The summed E-state index contributed by atoms with van der Waals surface area (Å²) in [4.78, 5) is 0. The molecular formula is C10H12ClNO. The number of rotatable bonds is 1. The van der Waals surface area contributed by atoms with Gasteiger partial charge in [-0.1, -0.05) is 23.7 Å². The van der Waals surface area contributed by atoms with Crippen LogP contribution in [0.3, 0.4) is 0 Å². The summed E-state index contributed by atoms with van der Waals surface area (Å²) in [7, 11) is 1.93. The molecule has 2 nitrogen and oxygen atoms in total. The van der Waals surface area contributed by atoms with E-state index < -0.39 is 0 Å². The lowest BCUT2D eigenvalue weighted by atomic mass is 10.1. The van der Waals surface area contributed by atoms with Gasteiger partial charge in [-0.05, 0) is 20.0 Å². The van der Waals surface area contributed by atoms with Crippen LogP contribution in [0.15, 0.2) is 18.2 Å². The maximum absolute atomic E-state index is 6.00. The lowest BCUT2D eigenvalue weighted by Crippen LogP contribution is -2.25. The highest BCUT2D eigenvalue weighted by molar-refractivity contribution is 6.32. The number of halogens is 1. The maximum atomic E-state index is 6.00. The van der Waals surface area contributed by atoms with E-state index in [1.54, 1.807) is 0 Å². The van der Waals surface area contributed by atoms with Crippen LogP contribution in [-0.4, -0.2) is 13.2 Å². The Morgan fingerprint density at radius 3 is 2.92 bits per heavy atom. The summed E-state index contributed by atoms with van der Waals surface area (Å²) in [5, 5.41) is 3.91. The van der Waals surface area contributed by atoms with Gasteiger partial charge in [0.05, 0.1) is 11.1 Å². The molecule has 1 aromatic rings. The zero-order chi connectivity index (χ0) is 9.42. The lowest BCUT2D eigenvalue weighted by Gasteiger charge is -2.12. The summed E-state index contributed by atoms with van der Waals surface area (Å²) >= 11 is 6.00. The van der Waals surface area contributed by atoms with Crippen molar-refractivity contribution < 1.29 is 4.74 Å². The molecule has 0 aromatic heterocycles. The summed E-state index contributed by atoms with van der Waals surface area (Å²) in [6, 6.07) is 6.11. The standard InChI is InChI=1S/C10H12ClNO/c1-6-9(12-2)7-4-3-5-8(11)10(7)13-6/h3-6,9,12H,1-2H3. The topological polar surface area (TPSA) is 21.3 Å². The molecule has 0 aliphatic carbocycles. The average Bonchev–Trinajstić information content (AvgIpc) is 2.43. The Morgan fingerprint density at radius 2 is 2.23 bits per heavy atom. The average molecular weight is 198 g/mol. The van der Waals surface area contributed by atoms with E-state index in [-0.39, 0.29) is 12.1 Å². The summed E-state index contributed by atoms with van der Waals surface area (Å²) in [5.41, 5.74) is 1.16. The first kappa shape index (κ1) is 8.85. The summed E-state index contributed by atoms with van der Waals surface area (Å²) < 4.78 is 5.65. The molecule has 13 heavy (non-hydrogen) atoms. The Morgan fingerprint density at radius 1 is 1.46 bits per heavy atom. The minimum Gasteiger partial charge on any atom is -0.487 e. The highest BCUT2D eigenvalue weighted by Crippen LogP contribution is 2.40. The molecule has 0 saturated heterocycles. The van der Waals surface area contributed by atoms with Crippen LogP contribution in [0.5, 0.6) is 5.75 Å². The van der Waals surface area contributed by atoms with Gasteiger partial charge in [0.15, 0.2) is 0 Å². The van der Waals surface area contributed by atoms with Crippen molar-refractivity contribution in [2.24, 2.45) is 0 Å². The Kier molecular flexibility index (Phi) is 2.18. The Balaban J connectivity index is 2.48. The number of benzene rings is 1. The second kappa shape index (κ2) is 3.20. The minimum atomic E-state index is 0.153. The number of para-hydroxylation sites is 1. The maximum Gasteiger partial charge on any atom is 0.143 e. The van der Waals surface area contributed by atoms with Crippen LogP contribution in [0.25, 0.3) is 0 Å². The number of hydrogen-bond acceptors (Lipinski definition) is 2. The second-order valence-electron chi connectivity index (χ2n) is 3.25. The first-order chi connectivity index (χ1) is 6.24. The van der Waals surface area contributed by atoms with Crippen molar-refractivity contribution in [3.05, 3.63) is 28.8 Å². The number of likely N-dealkylation sites (N-methyl/N-ethyl adjacent to an activating group) is 1. The molecule has 1 heterocycles. The molecule has 1 aromatic carbocycles. The molecule has 2 unspecified atom stereocenters. The van der Waals surface area contributed by atoms with Crippen molar-refractivity contribution in [3.8, 4) is 5.75 Å². The van der Waals surface area contributed by atoms with Crippen LogP contribution in [0.1, 0.15) is 18.5 Å².